The molecule has 3 amide bonds. The van der Waals surface area contributed by atoms with E-state index in [1.54, 1.807) is 37.3 Å². The summed E-state index contributed by atoms with van der Waals surface area (Å²) in [5.74, 6) is -4.91. The van der Waals surface area contributed by atoms with E-state index in [4.69, 9.17) is 10.8 Å². The molecule has 11 nitrogen and oxygen atoms in total. The number of carboxylic acid groups (broad SMARTS) is 2. The van der Waals surface area contributed by atoms with Gasteiger partial charge >= 0.3 is 11.9 Å². The molecule has 0 aliphatic rings. The van der Waals surface area contributed by atoms with Crippen LogP contribution in [0.15, 0.2) is 30.3 Å². The molecule has 0 aromatic heterocycles. The molecule has 0 fully saturated rings. The summed E-state index contributed by atoms with van der Waals surface area (Å²) in [6, 6.07) is 4.22. The van der Waals surface area contributed by atoms with Crippen molar-refractivity contribution in [2.24, 2.45) is 17.6 Å². The smallest absolute Gasteiger partial charge is 0.326 e. The summed E-state index contributed by atoms with van der Waals surface area (Å²) in [6.07, 6.45) is 0.494. The molecule has 6 unspecified atom stereocenters. The predicted molar refractivity (Wildman–Crippen MR) is 137 cm³/mol. The average Bonchev–Trinajstić information content (AvgIpc) is 2.87. The third-order valence-electron chi connectivity index (χ3n) is 6.53. The number of amides is 3. The quantitative estimate of drug-likeness (QED) is 0.186. The first kappa shape index (κ1) is 31.6. The minimum Gasteiger partial charge on any atom is -0.481 e. The molecule has 7 N–H and O–H groups in total. The number of hydrogen-bond acceptors (Lipinski definition) is 6. The molecule has 1 rings (SSSR count). The van der Waals surface area contributed by atoms with Gasteiger partial charge in [-0.25, -0.2) is 4.79 Å². The van der Waals surface area contributed by atoms with Crippen molar-refractivity contribution in [2.75, 3.05) is 0 Å². The Balaban J connectivity index is 3.07. The number of nitrogens with two attached hydrogens (primary N) is 1. The lowest BCUT2D eigenvalue weighted by Gasteiger charge is -2.28. The minimum atomic E-state index is -1.33. The SMILES string of the molecule is CCC(C)C(N)C(=O)NC(C(=O)NC(CCC(=O)O)C(=O)NC(Cc1ccccc1)C(=O)O)C(C)CC. The number of benzene rings is 1. The van der Waals surface area contributed by atoms with Gasteiger partial charge in [-0.15, -0.1) is 0 Å². The Morgan fingerprint density at radius 3 is 1.89 bits per heavy atom. The number of nitrogens with one attached hydrogen (secondary N) is 3. The molecule has 0 saturated carbocycles. The van der Waals surface area contributed by atoms with Gasteiger partial charge in [0.25, 0.3) is 0 Å². The third kappa shape index (κ3) is 10.6. The molecule has 0 aliphatic heterocycles. The molecule has 1 aromatic carbocycles. The highest BCUT2D eigenvalue weighted by Gasteiger charge is 2.33. The van der Waals surface area contributed by atoms with E-state index < -0.39 is 60.2 Å². The number of carbonyl (C=O) groups excluding carboxylic acids is 3. The molecule has 0 saturated heterocycles. The van der Waals surface area contributed by atoms with Crippen LogP contribution in [0.3, 0.4) is 0 Å². The predicted octanol–water partition coefficient (Wildman–Crippen LogP) is 1.05. The topological polar surface area (TPSA) is 188 Å². The zero-order chi connectivity index (χ0) is 28.1. The van der Waals surface area contributed by atoms with E-state index in [1.807, 2.05) is 20.8 Å². The van der Waals surface area contributed by atoms with E-state index in [1.165, 1.54) is 0 Å². The summed E-state index contributed by atoms with van der Waals surface area (Å²) in [5, 5.41) is 26.3. The van der Waals surface area contributed by atoms with Crippen LogP contribution in [0.1, 0.15) is 58.9 Å². The Labute approximate surface area is 217 Å². The highest BCUT2D eigenvalue weighted by Crippen LogP contribution is 2.12. The lowest BCUT2D eigenvalue weighted by atomic mass is 9.95. The van der Waals surface area contributed by atoms with Gasteiger partial charge in [-0.3, -0.25) is 19.2 Å². The van der Waals surface area contributed by atoms with E-state index in [0.717, 1.165) is 0 Å². The van der Waals surface area contributed by atoms with Gasteiger partial charge in [-0.1, -0.05) is 70.9 Å². The zero-order valence-corrected chi connectivity index (χ0v) is 21.9. The van der Waals surface area contributed by atoms with E-state index in [2.05, 4.69) is 16.0 Å². The van der Waals surface area contributed by atoms with Crippen LogP contribution in [0.4, 0.5) is 0 Å². The number of carboxylic acids is 2. The molecular weight excluding hydrogens is 480 g/mol. The van der Waals surface area contributed by atoms with Crippen molar-refractivity contribution in [3.63, 3.8) is 0 Å². The van der Waals surface area contributed by atoms with Gasteiger partial charge in [-0.2, -0.15) is 0 Å². The Hall–Kier alpha value is -3.47. The van der Waals surface area contributed by atoms with Crippen molar-refractivity contribution in [1.29, 1.82) is 0 Å². The van der Waals surface area contributed by atoms with Crippen LogP contribution in [0.2, 0.25) is 0 Å². The molecule has 0 bridgehead atoms. The van der Waals surface area contributed by atoms with Crippen molar-refractivity contribution in [2.45, 2.75) is 84.0 Å². The molecule has 0 aliphatic carbocycles. The fourth-order valence-corrected chi connectivity index (χ4v) is 3.58. The van der Waals surface area contributed by atoms with Gasteiger partial charge in [-0.05, 0) is 23.8 Å². The van der Waals surface area contributed by atoms with Gasteiger partial charge in [0.15, 0.2) is 0 Å². The van der Waals surface area contributed by atoms with Crippen LogP contribution in [-0.4, -0.2) is 64.0 Å². The second-order valence-corrected chi connectivity index (χ2v) is 9.37. The molecule has 11 heteroatoms. The largest absolute Gasteiger partial charge is 0.481 e. The summed E-state index contributed by atoms with van der Waals surface area (Å²) >= 11 is 0. The molecular formula is C26H40N4O7. The van der Waals surface area contributed by atoms with Gasteiger partial charge in [0.2, 0.25) is 17.7 Å². The molecule has 1 aromatic rings. The van der Waals surface area contributed by atoms with Gasteiger partial charge in [0.05, 0.1) is 6.04 Å². The summed E-state index contributed by atoms with van der Waals surface area (Å²) in [4.78, 5) is 61.9. The van der Waals surface area contributed by atoms with Crippen LogP contribution in [0.5, 0.6) is 0 Å². The minimum absolute atomic E-state index is 0.000558. The van der Waals surface area contributed by atoms with Crippen molar-refractivity contribution >= 4 is 29.7 Å². The third-order valence-corrected chi connectivity index (χ3v) is 6.53. The van der Waals surface area contributed by atoms with E-state index >= 15 is 0 Å². The maximum absolute atomic E-state index is 13.2. The monoisotopic (exact) mass is 520 g/mol. The molecule has 0 spiro atoms. The first-order valence-electron chi connectivity index (χ1n) is 12.6. The fraction of sp³-hybridized carbons (Fsp3) is 0.577. The molecule has 0 radical (unpaired) electrons. The first-order valence-corrected chi connectivity index (χ1v) is 12.6. The number of carbonyl (C=O) groups is 5. The van der Waals surface area contributed by atoms with Crippen LogP contribution >= 0.6 is 0 Å². The maximum Gasteiger partial charge on any atom is 0.326 e. The Kier molecular flexibility index (Phi) is 13.3. The van der Waals surface area contributed by atoms with Crippen molar-refractivity contribution < 1.29 is 34.2 Å². The highest BCUT2D eigenvalue weighted by molar-refractivity contribution is 5.94. The standard InChI is InChI=1S/C26H40N4O7/c1-5-15(3)21(27)24(34)30-22(16(4)6-2)25(35)28-18(12-13-20(31)32)23(33)29-19(26(36)37)14-17-10-8-7-9-11-17/h7-11,15-16,18-19,21-22H,5-6,12-14,27H2,1-4H3,(H,28,35)(H,29,33)(H,30,34)(H,31,32)(H,36,37). The summed E-state index contributed by atoms with van der Waals surface area (Å²) in [7, 11) is 0. The molecule has 0 heterocycles. The van der Waals surface area contributed by atoms with Gasteiger partial charge in [0, 0.05) is 12.8 Å². The van der Waals surface area contributed by atoms with Crippen LogP contribution in [-0.2, 0) is 30.4 Å². The Morgan fingerprint density at radius 2 is 1.38 bits per heavy atom. The van der Waals surface area contributed by atoms with Crippen molar-refractivity contribution in [1.82, 2.24) is 16.0 Å². The Bertz CT molecular complexity index is 925. The first-order chi connectivity index (χ1) is 17.4. The van der Waals surface area contributed by atoms with Crippen molar-refractivity contribution in [3.8, 4) is 0 Å². The van der Waals surface area contributed by atoms with E-state index in [-0.39, 0.29) is 24.7 Å². The molecule has 206 valence electrons. The number of hydrogen-bond donors (Lipinski definition) is 6. The fourth-order valence-electron chi connectivity index (χ4n) is 3.58. The normalized spacial score (nSPS) is 15.8. The highest BCUT2D eigenvalue weighted by atomic mass is 16.4. The summed E-state index contributed by atoms with van der Waals surface area (Å²) < 4.78 is 0. The second kappa shape index (κ2) is 15.6. The molecule has 6 atom stereocenters. The molecule has 37 heavy (non-hydrogen) atoms. The second-order valence-electron chi connectivity index (χ2n) is 9.37. The summed E-state index contributed by atoms with van der Waals surface area (Å²) in [6.45, 7) is 7.31. The average molecular weight is 521 g/mol. The van der Waals surface area contributed by atoms with E-state index in [9.17, 15) is 29.1 Å². The van der Waals surface area contributed by atoms with Crippen LogP contribution in [0.25, 0.3) is 0 Å². The maximum atomic E-state index is 13.2. The summed E-state index contributed by atoms with van der Waals surface area (Å²) in [5.41, 5.74) is 6.69. The van der Waals surface area contributed by atoms with Crippen LogP contribution in [0, 0.1) is 11.8 Å². The van der Waals surface area contributed by atoms with Crippen molar-refractivity contribution in [3.05, 3.63) is 35.9 Å². The number of rotatable bonds is 16. The lowest BCUT2D eigenvalue weighted by molar-refractivity contribution is -0.143. The lowest BCUT2D eigenvalue weighted by Crippen LogP contribution is -2.59. The van der Waals surface area contributed by atoms with Crippen LogP contribution < -0.4 is 21.7 Å². The number of aliphatic carboxylic acids is 2. The van der Waals surface area contributed by atoms with Gasteiger partial charge in [0.1, 0.15) is 18.1 Å². The Morgan fingerprint density at radius 1 is 0.811 bits per heavy atom. The van der Waals surface area contributed by atoms with Gasteiger partial charge < -0.3 is 31.9 Å². The van der Waals surface area contributed by atoms with E-state index in [0.29, 0.717) is 18.4 Å². The zero-order valence-electron chi connectivity index (χ0n) is 21.9.